The van der Waals surface area contributed by atoms with Gasteiger partial charge in [-0.25, -0.2) is 15.0 Å². The van der Waals surface area contributed by atoms with Crippen LogP contribution in [0.25, 0.3) is 11.2 Å². The smallest absolute Gasteiger partial charge is 0.167 e. The first-order valence-corrected chi connectivity index (χ1v) is 9.24. The number of imidazole rings is 1. The van der Waals surface area contributed by atoms with Crippen LogP contribution in [0.15, 0.2) is 36.9 Å². The average Bonchev–Trinajstić information content (AvgIpc) is 3.30. The highest BCUT2D eigenvalue weighted by Crippen LogP contribution is 2.32. The average molecular weight is 401 g/mol. The fraction of sp³-hybridized carbons (Fsp3) is 0.421. The molecular weight excluding hydrogens is 378 g/mol. The van der Waals surface area contributed by atoms with Crippen LogP contribution in [0.5, 0.6) is 5.75 Å². The molecule has 154 valence electrons. The Morgan fingerprint density at radius 1 is 1.17 bits per heavy atom. The van der Waals surface area contributed by atoms with Gasteiger partial charge >= 0.3 is 0 Å². The highest BCUT2D eigenvalue weighted by Gasteiger charge is 2.44. The van der Waals surface area contributed by atoms with Gasteiger partial charge in [0.15, 0.2) is 23.2 Å². The number of nitrogens with zero attached hydrogens (tertiary/aromatic N) is 4. The zero-order valence-corrected chi connectivity index (χ0v) is 16.0. The van der Waals surface area contributed by atoms with E-state index in [2.05, 4.69) is 20.3 Å². The van der Waals surface area contributed by atoms with Crippen molar-refractivity contribution in [3.63, 3.8) is 0 Å². The number of aliphatic hydroxyl groups is 3. The Bertz CT molecular complexity index is 979. The monoisotopic (exact) mass is 401 g/mol. The lowest BCUT2D eigenvalue weighted by Crippen LogP contribution is -2.33. The van der Waals surface area contributed by atoms with E-state index in [-0.39, 0.29) is 6.04 Å². The van der Waals surface area contributed by atoms with Gasteiger partial charge in [0.1, 0.15) is 30.4 Å². The lowest BCUT2D eigenvalue weighted by molar-refractivity contribution is -0.0511. The lowest BCUT2D eigenvalue weighted by Gasteiger charge is -2.17. The van der Waals surface area contributed by atoms with E-state index >= 15 is 0 Å². The molecule has 3 aromatic rings. The van der Waals surface area contributed by atoms with Crippen LogP contribution < -0.4 is 10.1 Å². The van der Waals surface area contributed by atoms with Crippen LogP contribution in [-0.2, 0) is 4.74 Å². The van der Waals surface area contributed by atoms with Crippen molar-refractivity contribution < 1.29 is 24.8 Å². The molecule has 0 radical (unpaired) electrons. The molecule has 0 bridgehead atoms. The summed E-state index contributed by atoms with van der Waals surface area (Å²) in [7, 11) is 1.62. The number of rotatable bonds is 6. The molecule has 29 heavy (non-hydrogen) atoms. The maximum atomic E-state index is 10.3. The van der Waals surface area contributed by atoms with Gasteiger partial charge in [-0.2, -0.15) is 0 Å². The fourth-order valence-electron chi connectivity index (χ4n) is 3.43. The Hall–Kier alpha value is -2.79. The van der Waals surface area contributed by atoms with Crippen molar-refractivity contribution in [2.24, 2.45) is 0 Å². The summed E-state index contributed by atoms with van der Waals surface area (Å²) in [5.74, 6) is 1.31. The SMILES string of the molecule is COc1ccc([C@H](C)Nc2ncnc3c2ncn3[C@@H]2O[C@H](CO)C(O)[C@@H]2O)cc1. The van der Waals surface area contributed by atoms with E-state index in [9.17, 15) is 15.3 Å². The van der Waals surface area contributed by atoms with Crippen molar-refractivity contribution in [2.75, 3.05) is 19.0 Å². The Morgan fingerprint density at radius 3 is 2.59 bits per heavy atom. The molecule has 3 heterocycles. The quantitative estimate of drug-likeness (QED) is 0.469. The van der Waals surface area contributed by atoms with E-state index in [1.165, 1.54) is 17.2 Å². The highest BCUT2D eigenvalue weighted by molar-refractivity contribution is 5.82. The maximum Gasteiger partial charge on any atom is 0.167 e. The first kappa shape index (κ1) is 19.5. The largest absolute Gasteiger partial charge is 0.497 e. The number of hydrogen-bond acceptors (Lipinski definition) is 9. The Labute approximate surface area is 166 Å². The van der Waals surface area contributed by atoms with Crippen LogP contribution in [0, 0.1) is 0 Å². The number of anilines is 1. The van der Waals surface area contributed by atoms with Crippen LogP contribution in [0.2, 0.25) is 0 Å². The fourth-order valence-corrected chi connectivity index (χ4v) is 3.43. The zero-order chi connectivity index (χ0) is 20.5. The van der Waals surface area contributed by atoms with Gasteiger partial charge in [-0.1, -0.05) is 12.1 Å². The van der Waals surface area contributed by atoms with Gasteiger partial charge < -0.3 is 30.1 Å². The molecule has 5 atom stereocenters. The van der Waals surface area contributed by atoms with Crippen LogP contribution >= 0.6 is 0 Å². The van der Waals surface area contributed by atoms with Gasteiger partial charge in [0.2, 0.25) is 0 Å². The summed E-state index contributed by atoms with van der Waals surface area (Å²) < 4.78 is 12.3. The van der Waals surface area contributed by atoms with Crippen molar-refractivity contribution in [1.82, 2.24) is 19.5 Å². The van der Waals surface area contributed by atoms with Gasteiger partial charge in [-0.3, -0.25) is 4.57 Å². The van der Waals surface area contributed by atoms with Crippen molar-refractivity contribution in [2.45, 2.75) is 37.5 Å². The van der Waals surface area contributed by atoms with Gasteiger partial charge in [-0.15, -0.1) is 0 Å². The van der Waals surface area contributed by atoms with E-state index < -0.39 is 31.1 Å². The topological polar surface area (TPSA) is 135 Å². The summed E-state index contributed by atoms with van der Waals surface area (Å²) >= 11 is 0. The van der Waals surface area contributed by atoms with Gasteiger partial charge in [0.25, 0.3) is 0 Å². The van der Waals surface area contributed by atoms with E-state index in [1.54, 1.807) is 7.11 Å². The normalized spacial score (nSPS) is 25.3. The number of nitrogens with one attached hydrogen (secondary N) is 1. The minimum Gasteiger partial charge on any atom is -0.497 e. The minimum absolute atomic E-state index is 0.0573. The molecule has 10 heteroatoms. The molecule has 1 fully saturated rings. The minimum atomic E-state index is -1.21. The van der Waals surface area contributed by atoms with Crippen LogP contribution in [-0.4, -0.2) is 66.9 Å². The van der Waals surface area contributed by atoms with Gasteiger partial charge in [0, 0.05) is 0 Å². The van der Waals surface area contributed by atoms with E-state index in [0.29, 0.717) is 17.0 Å². The molecule has 1 saturated heterocycles. The van der Waals surface area contributed by atoms with Crippen LogP contribution in [0.1, 0.15) is 24.8 Å². The maximum absolute atomic E-state index is 10.3. The second-order valence-electron chi connectivity index (χ2n) is 6.91. The third kappa shape index (κ3) is 3.51. The molecule has 1 unspecified atom stereocenters. The summed E-state index contributed by atoms with van der Waals surface area (Å²) in [4.78, 5) is 12.9. The number of hydrogen-bond donors (Lipinski definition) is 4. The number of aromatic nitrogens is 4. The van der Waals surface area contributed by atoms with E-state index in [0.717, 1.165) is 11.3 Å². The third-order valence-electron chi connectivity index (χ3n) is 5.12. The highest BCUT2D eigenvalue weighted by atomic mass is 16.6. The van der Waals surface area contributed by atoms with Crippen LogP contribution in [0.3, 0.4) is 0 Å². The second-order valence-corrected chi connectivity index (χ2v) is 6.91. The number of ether oxygens (including phenoxy) is 2. The van der Waals surface area contributed by atoms with Crippen molar-refractivity contribution >= 4 is 17.0 Å². The molecule has 1 aliphatic rings. The molecule has 0 spiro atoms. The number of methoxy groups -OCH3 is 1. The molecule has 0 aliphatic carbocycles. The molecule has 0 saturated carbocycles. The number of benzene rings is 1. The Balaban J connectivity index is 1.60. The Morgan fingerprint density at radius 2 is 1.93 bits per heavy atom. The number of fused-ring (bicyclic) bond motifs is 1. The van der Waals surface area contributed by atoms with Gasteiger partial charge in [-0.05, 0) is 24.6 Å². The summed E-state index contributed by atoms with van der Waals surface area (Å²) in [5, 5.41) is 32.9. The summed E-state index contributed by atoms with van der Waals surface area (Å²) in [6.07, 6.45) is -1.32. The predicted octanol–water partition coefficient (Wildman–Crippen LogP) is 0.619. The summed E-state index contributed by atoms with van der Waals surface area (Å²) in [6.45, 7) is 1.60. The standard InChI is InChI=1S/C19H23N5O5/c1-10(11-3-5-12(28-2)6-4-11)23-17-14-18(21-8-20-17)24(9-22-14)19-16(27)15(26)13(7-25)29-19/h3-6,8-10,13,15-16,19,25-27H,7H2,1-2H3,(H,20,21,23)/t10-,13+,15?,16-,19+/m0/s1. The lowest BCUT2D eigenvalue weighted by atomic mass is 10.1. The molecule has 4 N–H and O–H groups in total. The molecule has 4 rings (SSSR count). The molecular formula is C19H23N5O5. The molecule has 10 nitrogen and oxygen atoms in total. The molecule has 1 aliphatic heterocycles. The Kier molecular flexibility index (Phi) is 5.33. The first-order chi connectivity index (χ1) is 14.0. The summed E-state index contributed by atoms with van der Waals surface area (Å²) in [6, 6.07) is 7.65. The van der Waals surface area contributed by atoms with Crippen molar-refractivity contribution in [3.8, 4) is 5.75 Å². The molecule has 1 aromatic carbocycles. The second kappa shape index (κ2) is 7.91. The predicted molar refractivity (Wildman–Crippen MR) is 103 cm³/mol. The summed E-state index contributed by atoms with van der Waals surface area (Å²) in [5.41, 5.74) is 1.99. The van der Waals surface area contributed by atoms with E-state index in [4.69, 9.17) is 9.47 Å². The first-order valence-electron chi connectivity index (χ1n) is 9.24. The van der Waals surface area contributed by atoms with E-state index in [1.807, 2.05) is 31.2 Å². The van der Waals surface area contributed by atoms with Crippen molar-refractivity contribution in [1.29, 1.82) is 0 Å². The number of aliphatic hydroxyl groups excluding tert-OH is 3. The molecule has 2 aromatic heterocycles. The van der Waals surface area contributed by atoms with Gasteiger partial charge in [0.05, 0.1) is 26.1 Å². The van der Waals surface area contributed by atoms with Crippen LogP contribution in [0.4, 0.5) is 5.82 Å². The third-order valence-corrected chi connectivity index (χ3v) is 5.12. The zero-order valence-electron chi connectivity index (χ0n) is 16.0. The molecule has 0 amide bonds. The van der Waals surface area contributed by atoms with Crippen molar-refractivity contribution in [3.05, 3.63) is 42.5 Å².